The Morgan fingerprint density at radius 2 is 2.24 bits per heavy atom. The molecule has 2 atom stereocenters. The molecule has 1 aromatic heterocycles. The maximum atomic E-state index is 4.61. The molecule has 1 aliphatic rings. The van der Waals surface area contributed by atoms with Crippen molar-refractivity contribution < 1.29 is 0 Å². The van der Waals surface area contributed by atoms with Crippen LogP contribution in [0.5, 0.6) is 0 Å². The Bertz CT molecular complexity index is 361. The molecule has 17 heavy (non-hydrogen) atoms. The van der Waals surface area contributed by atoms with Crippen molar-refractivity contribution in [3.8, 4) is 0 Å². The Morgan fingerprint density at radius 1 is 1.47 bits per heavy atom. The lowest BCUT2D eigenvalue weighted by atomic mass is 10.0. The van der Waals surface area contributed by atoms with Gasteiger partial charge in [0, 0.05) is 36.8 Å². The summed E-state index contributed by atoms with van der Waals surface area (Å²) in [5.41, 5.74) is 1.15. The molecule has 3 nitrogen and oxygen atoms in total. The Balaban J connectivity index is 2.02. The van der Waals surface area contributed by atoms with Gasteiger partial charge in [-0.3, -0.25) is 4.90 Å². The Kier molecular flexibility index (Phi) is 4.17. The molecule has 1 fully saturated rings. The van der Waals surface area contributed by atoms with Gasteiger partial charge >= 0.3 is 0 Å². The van der Waals surface area contributed by atoms with E-state index in [2.05, 4.69) is 48.3 Å². The lowest BCUT2D eigenvalue weighted by Crippen LogP contribution is -2.53. The van der Waals surface area contributed by atoms with E-state index in [1.54, 1.807) is 11.3 Å². The van der Waals surface area contributed by atoms with E-state index in [0.29, 0.717) is 18.0 Å². The Labute approximate surface area is 108 Å². The summed E-state index contributed by atoms with van der Waals surface area (Å²) < 4.78 is 0. The van der Waals surface area contributed by atoms with Crippen LogP contribution >= 0.6 is 11.3 Å². The van der Waals surface area contributed by atoms with Crippen LogP contribution in [-0.2, 0) is 0 Å². The second-order valence-electron chi connectivity index (χ2n) is 5.30. The van der Waals surface area contributed by atoms with Gasteiger partial charge in [0.1, 0.15) is 5.01 Å². The van der Waals surface area contributed by atoms with E-state index in [-0.39, 0.29) is 0 Å². The highest BCUT2D eigenvalue weighted by molar-refractivity contribution is 7.09. The van der Waals surface area contributed by atoms with Gasteiger partial charge in [-0.2, -0.15) is 0 Å². The van der Waals surface area contributed by atoms with Gasteiger partial charge in [-0.25, -0.2) is 4.98 Å². The van der Waals surface area contributed by atoms with Crippen molar-refractivity contribution in [2.75, 3.05) is 19.6 Å². The molecule has 0 amide bonds. The summed E-state index contributed by atoms with van der Waals surface area (Å²) in [4.78, 5) is 7.17. The average Bonchev–Trinajstić information content (AvgIpc) is 2.75. The van der Waals surface area contributed by atoms with E-state index in [0.717, 1.165) is 25.3 Å². The number of aryl methyl sites for hydroxylation is 1. The fourth-order valence-corrected chi connectivity index (χ4v) is 3.21. The Hall–Kier alpha value is -0.450. The number of hydrogen-bond acceptors (Lipinski definition) is 4. The second kappa shape index (κ2) is 5.46. The summed E-state index contributed by atoms with van der Waals surface area (Å²) in [5, 5.41) is 7.00. The lowest BCUT2D eigenvalue weighted by Gasteiger charge is -2.38. The summed E-state index contributed by atoms with van der Waals surface area (Å²) in [7, 11) is 0. The molecule has 0 saturated carbocycles. The molecule has 1 saturated heterocycles. The third kappa shape index (κ3) is 3.06. The monoisotopic (exact) mass is 253 g/mol. The van der Waals surface area contributed by atoms with Crippen LogP contribution in [-0.4, -0.2) is 35.6 Å². The van der Waals surface area contributed by atoms with E-state index >= 15 is 0 Å². The average molecular weight is 253 g/mol. The third-order valence-corrected chi connectivity index (χ3v) is 4.72. The molecular weight excluding hydrogens is 230 g/mol. The van der Waals surface area contributed by atoms with Crippen molar-refractivity contribution in [3.63, 3.8) is 0 Å². The minimum Gasteiger partial charge on any atom is -0.311 e. The summed E-state index contributed by atoms with van der Waals surface area (Å²) >= 11 is 1.79. The first-order valence-electron chi connectivity index (χ1n) is 6.47. The summed E-state index contributed by atoms with van der Waals surface area (Å²) in [6.07, 6.45) is 0. The first kappa shape index (κ1) is 13.0. The molecule has 0 bridgehead atoms. The van der Waals surface area contributed by atoms with Crippen LogP contribution in [0.25, 0.3) is 0 Å². The molecule has 0 radical (unpaired) electrons. The molecule has 1 N–H and O–H groups in total. The number of hydrogen-bond donors (Lipinski definition) is 1. The fraction of sp³-hybridized carbons (Fsp3) is 0.769. The van der Waals surface area contributed by atoms with E-state index in [4.69, 9.17) is 0 Å². The van der Waals surface area contributed by atoms with Crippen molar-refractivity contribution in [1.29, 1.82) is 0 Å². The fourth-order valence-electron chi connectivity index (χ4n) is 2.32. The largest absolute Gasteiger partial charge is 0.311 e. The van der Waals surface area contributed by atoms with Crippen molar-refractivity contribution >= 4 is 11.3 Å². The zero-order chi connectivity index (χ0) is 12.4. The van der Waals surface area contributed by atoms with Gasteiger partial charge in [0.15, 0.2) is 0 Å². The topological polar surface area (TPSA) is 28.2 Å². The van der Waals surface area contributed by atoms with Crippen molar-refractivity contribution in [3.05, 3.63) is 16.1 Å². The standard InChI is InChI=1S/C13H23N3S/c1-9(2)12-7-16(6-5-14-12)11(4)13-15-10(3)8-17-13/h8-9,11-12,14H,5-7H2,1-4H3. The van der Waals surface area contributed by atoms with Crippen LogP contribution in [0, 0.1) is 12.8 Å². The van der Waals surface area contributed by atoms with Crippen molar-refractivity contribution in [2.24, 2.45) is 5.92 Å². The SMILES string of the molecule is Cc1csc(C(C)N2CCNC(C(C)C)C2)n1. The van der Waals surface area contributed by atoms with Crippen LogP contribution in [0.2, 0.25) is 0 Å². The second-order valence-corrected chi connectivity index (χ2v) is 6.19. The zero-order valence-corrected chi connectivity index (χ0v) is 12.0. The number of nitrogens with one attached hydrogen (secondary N) is 1. The first-order valence-corrected chi connectivity index (χ1v) is 7.35. The number of piperazine rings is 1. The highest BCUT2D eigenvalue weighted by Crippen LogP contribution is 2.25. The summed E-state index contributed by atoms with van der Waals surface area (Å²) in [6.45, 7) is 12.3. The van der Waals surface area contributed by atoms with Gasteiger partial charge < -0.3 is 5.32 Å². The van der Waals surface area contributed by atoms with Gasteiger partial charge in [-0.05, 0) is 19.8 Å². The van der Waals surface area contributed by atoms with Gasteiger partial charge in [-0.15, -0.1) is 11.3 Å². The first-order chi connectivity index (χ1) is 8.08. The molecule has 1 aromatic rings. The zero-order valence-electron chi connectivity index (χ0n) is 11.2. The molecule has 4 heteroatoms. The molecule has 0 aliphatic carbocycles. The summed E-state index contributed by atoms with van der Waals surface area (Å²) in [5.74, 6) is 0.697. The molecule has 2 heterocycles. The Morgan fingerprint density at radius 3 is 2.82 bits per heavy atom. The van der Waals surface area contributed by atoms with E-state index in [9.17, 15) is 0 Å². The smallest absolute Gasteiger partial charge is 0.110 e. The lowest BCUT2D eigenvalue weighted by molar-refractivity contribution is 0.134. The molecule has 1 aliphatic heterocycles. The number of rotatable bonds is 3. The number of nitrogens with zero attached hydrogens (tertiary/aromatic N) is 2. The van der Waals surface area contributed by atoms with E-state index in [1.807, 2.05) is 0 Å². The van der Waals surface area contributed by atoms with Crippen LogP contribution in [0.1, 0.15) is 37.5 Å². The van der Waals surface area contributed by atoms with Crippen LogP contribution < -0.4 is 5.32 Å². The quantitative estimate of drug-likeness (QED) is 0.897. The molecule has 2 rings (SSSR count). The predicted molar refractivity (Wildman–Crippen MR) is 73.5 cm³/mol. The molecule has 2 unspecified atom stereocenters. The van der Waals surface area contributed by atoms with Gasteiger partial charge in [0.25, 0.3) is 0 Å². The van der Waals surface area contributed by atoms with Gasteiger partial charge in [0.2, 0.25) is 0 Å². The normalized spacial score (nSPS) is 24.2. The highest BCUT2D eigenvalue weighted by atomic mass is 32.1. The maximum Gasteiger partial charge on any atom is 0.110 e. The van der Waals surface area contributed by atoms with Crippen LogP contribution in [0.15, 0.2) is 5.38 Å². The van der Waals surface area contributed by atoms with Gasteiger partial charge in [0.05, 0.1) is 6.04 Å². The number of aromatic nitrogens is 1. The molecule has 0 spiro atoms. The molecule has 96 valence electrons. The minimum absolute atomic E-state index is 0.456. The predicted octanol–water partition coefficient (Wildman–Crippen LogP) is 2.44. The maximum absolute atomic E-state index is 4.61. The molecular formula is C13H23N3S. The van der Waals surface area contributed by atoms with Crippen molar-refractivity contribution in [1.82, 2.24) is 15.2 Å². The number of thiazole rings is 1. The third-order valence-electron chi connectivity index (χ3n) is 3.58. The summed E-state index contributed by atoms with van der Waals surface area (Å²) in [6, 6.07) is 1.07. The highest BCUT2D eigenvalue weighted by Gasteiger charge is 2.26. The van der Waals surface area contributed by atoms with E-state index in [1.165, 1.54) is 5.01 Å². The van der Waals surface area contributed by atoms with Gasteiger partial charge in [-0.1, -0.05) is 13.8 Å². The van der Waals surface area contributed by atoms with E-state index < -0.39 is 0 Å². The molecule has 0 aromatic carbocycles. The van der Waals surface area contributed by atoms with Crippen molar-refractivity contribution in [2.45, 2.75) is 39.8 Å². The minimum atomic E-state index is 0.456. The van der Waals surface area contributed by atoms with Crippen LogP contribution in [0.4, 0.5) is 0 Å². The van der Waals surface area contributed by atoms with Crippen LogP contribution in [0.3, 0.4) is 0 Å².